The van der Waals surface area contributed by atoms with Gasteiger partial charge in [-0.1, -0.05) is 34.1 Å². The molecular formula is C16H13BrN2O2. The first kappa shape index (κ1) is 13.7. The minimum Gasteiger partial charge on any atom is -0.463 e. The van der Waals surface area contributed by atoms with Crippen LogP contribution in [0.3, 0.4) is 0 Å². The van der Waals surface area contributed by atoms with E-state index in [1.807, 2.05) is 37.3 Å². The number of carbonyl (C=O) groups excluding carboxylic acids is 1. The molecule has 0 fully saturated rings. The number of para-hydroxylation sites is 1. The van der Waals surface area contributed by atoms with Gasteiger partial charge in [-0.2, -0.15) is 0 Å². The zero-order valence-electron chi connectivity index (χ0n) is 11.3. The number of aryl methyl sites for hydroxylation is 1. The topological polar surface area (TPSA) is 68.3 Å². The lowest BCUT2D eigenvalue weighted by molar-refractivity contribution is 0.102. The smallest absolute Gasteiger partial charge is 0.259 e. The van der Waals surface area contributed by atoms with Gasteiger partial charge in [-0.05, 0) is 30.7 Å². The number of nitrogens with one attached hydrogen (secondary N) is 1. The van der Waals surface area contributed by atoms with Crippen LogP contribution in [0.4, 0.5) is 11.4 Å². The van der Waals surface area contributed by atoms with Crippen LogP contribution >= 0.6 is 15.9 Å². The molecular weight excluding hydrogens is 332 g/mol. The first-order chi connectivity index (χ1) is 10.1. The Kier molecular flexibility index (Phi) is 3.43. The number of furan rings is 1. The summed E-state index contributed by atoms with van der Waals surface area (Å²) >= 11 is 3.38. The van der Waals surface area contributed by atoms with E-state index in [2.05, 4.69) is 21.2 Å². The van der Waals surface area contributed by atoms with E-state index in [1.165, 1.54) is 6.26 Å². The number of anilines is 2. The van der Waals surface area contributed by atoms with Crippen molar-refractivity contribution in [1.29, 1.82) is 0 Å². The van der Waals surface area contributed by atoms with Crippen molar-refractivity contribution < 1.29 is 9.21 Å². The Balaban J connectivity index is 1.97. The maximum atomic E-state index is 12.4. The monoisotopic (exact) mass is 344 g/mol. The van der Waals surface area contributed by atoms with E-state index in [1.54, 1.807) is 6.07 Å². The Morgan fingerprint density at radius 2 is 2.05 bits per heavy atom. The first-order valence-electron chi connectivity index (χ1n) is 6.39. The van der Waals surface area contributed by atoms with Crippen LogP contribution in [0.25, 0.3) is 11.0 Å². The van der Waals surface area contributed by atoms with E-state index >= 15 is 0 Å². The molecule has 1 amide bonds. The zero-order valence-corrected chi connectivity index (χ0v) is 12.9. The number of fused-ring (bicyclic) bond motifs is 1. The molecule has 0 aliphatic rings. The molecule has 106 valence electrons. The second-order valence-electron chi connectivity index (χ2n) is 4.79. The molecule has 3 aromatic rings. The summed E-state index contributed by atoms with van der Waals surface area (Å²) in [7, 11) is 0. The number of rotatable bonds is 2. The van der Waals surface area contributed by atoms with Crippen LogP contribution in [-0.2, 0) is 0 Å². The van der Waals surface area contributed by atoms with Crippen molar-refractivity contribution in [2.75, 3.05) is 11.1 Å². The normalized spacial score (nSPS) is 10.8. The third-order valence-corrected chi connectivity index (χ3v) is 3.75. The maximum Gasteiger partial charge on any atom is 0.259 e. The molecule has 0 aliphatic heterocycles. The number of amides is 1. The number of benzene rings is 2. The Morgan fingerprint density at radius 3 is 2.81 bits per heavy atom. The van der Waals surface area contributed by atoms with Crippen LogP contribution in [0.5, 0.6) is 0 Å². The Bertz CT molecular complexity index is 816. The summed E-state index contributed by atoms with van der Waals surface area (Å²) in [6.07, 6.45) is 1.46. The van der Waals surface area contributed by atoms with Crippen LogP contribution in [0, 0.1) is 6.92 Å². The number of carbonyl (C=O) groups is 1. The maximum absolute atomic E-state index is 12.4. The molecule has 0 aliphatic carbocycles. The molecule has 1 aromatic heterocycles. The molecule has 0 saturated carbocycles. The van der Waals surface area contributed by atoms with Crippen LogP contribution in [0.2, 0.25) is 0 Å². The predicted octanol–water partition coefficient (Wildman–Crippen LogP) is 4.34. The molecule has 0 unspecified atom stereocenters. The highest BCUT2D eigenvalue weighted by atomic mass is 79.9. The fourth-order valence-corrected chi connectivity index (χ4v) is 2.86. The summed E-state index contributed by atoms with van der Waals surface area (Å²) in [5.41, 5.74) is 9.17. The minimum absolute atomic E-state index is 0.239. The minimum atomic E-state index is -0.239. The summed E-state index contributed by atoms with van der Waals surface area (Å²) in [6, 6.07) is 11.1. The van der Waals surface area contributed by atoms with Crippen molar-refractivity contribution in [3.05, 3.63) is 58.3 Å². The highest BCUT2D eigenvalue weighted by Crippen LogP contribution is 2.29. The number of nitrogen functional groups attached to an aromatic ring is 1. The van der Waals surface area contributed by atoms with Gasteiger partial charge in [0.25, 0.3) is 5.91 Å². The fraction of sp³-hybridized carbons (Fsp3) is 0.0625. The third kappa shape index (κ3) is 2.52. The van der Waals surface area contributed by atoms with Crippen molar-refractivity contribution in [3.8, 4) is 0 Å². The Hall–Kier alpha value is -2.27. The summed E-state index contributed by atoms with van der Waals surface area (Å²) in [6.45, 7) is 1.89. The molecule has 0 radical (unpaired) electrons. The average Bonchev–Trinajstić information content (AvgIpc) is 2.86. The van der Waals surface area contributed by atoms with E-state index in [9.17, 15) is 4.79 Å². The summed E-state index contributed by atoms with van der Waals surface area (Å²) in [4.78, 5) is 12.4. The summed E-state index contributed by atoms with van der Waals surface area (Å²) in [5, 5.41) is 3.64. The van der Waals surface area contributed by atoms with Gasteiger partial charge >= 0.3 is 0 Å². The lowest BCUT2D eigenvalue weighted by atomic mass is 10.1. The molecule has 3 N–H and O–H groups in total. The summed E-state index contributed by atoms with van der Waals surface area (Å²) in [5.74, 6) is -0.239. The zero-order chi connectivity index (χ0) is 15.0. The van der Waals surface area contributed by atoms with Gasteiger partial charge in [0.1, 0.15) is 11.8 Å². The second kappa shape index (κ2) is 5.26. The van der Waals surface area contributed by atoms with Gasteiger partial charge in [-0.3, -0.25) is 4.79 Å². The van der Waals surface area contributed by atoms with Crippen LogP contribution in [0.15, 0.2) is 51.6 Å². The largest absolute Gasteiger partial charge is 0.463 e. The Labute approximate surface area is 130 Å². The molecule has 0 spiro atoms. The van der Waals surface area contributed by atoms with Gasteiger partial charge in [0.05, 0.1) is 16.9 Å². The van der Waals surface area contributed by atoms with E-state index in [4.69, 9.17) is 10.2 Å². The molecule has 21 heavy (non-hydrogen) atoms. The first-order valence-corrected chi connectivity index (χ1v) is 7.19. The van der Waals surface area contributed by atoms with Gasteiger partial charge in [-0.15, -0.1) is 0 Å². The molecule has 0 bridgehead atoms. The third-order valence-electron chi connectivity index (χ3n) is 3.29. The molecule has 5 heteroatoms. The second-order valence-corrected chi connectivity index (χ2v) is 5.70. The van der Waals surface area contributed by atoms with Gasteiger partial charge in [0.15, 0.2) is 0 Å². The quantitative estimate of drug-likeness (QED) is 0.679. The van der Waals surface area contributed by atoms with E-state index < -0.39 is 0 Å². The SMILES string of the molecule is Cc1cc(Br)cc(N)c1NC(=O)c1coc2ccccc12. The predicted molar refractivity (Wildman–Crippen MR) is 87.5 cm³/mol. The highest BCUT2D eigenvalue weighted by molar-refractivity contribution is 9.10. The number of nitrogens with two attached hydrogens (primary N) is 1. The van der Waals surface area contributed by atoms with Crippen molar-refractivity contribution in [2.24, 2.45) is 0 Å². The van der Waals surface area contributed by atoms with Gasteiger partial charge in [0, 0.05) is 9.86 Å². The average molecular weight is 345 g/mol. The number of hydrogen-bond acceptors (Lipinski definition) is 3. The molecule has 2 aromatic carbocycles. The Morgan fingerprint density at radius 1 is 1.29 bits per heavy atom. The van der Waals surface area contributed by atoms with Crippen molar-refractivity contribution >= 4 is 44.2 Å². The standard InChI is InChI=1S/C16H13BrN2O2/c1-9-6-10(17)7-13(18)15(9)19-16(20)12-8-21-14-5-3-2-4-11(12)14/h2-8H,18H2,1H3,(H,19,20). The van der Waals surface area contributed by atoms with Crippen LogP contribution < -0.4 is 11.1 Å². The lowest BCUT2D eigenvalue weighted by Crippen LogP contribution is -2.13. The fourth-order valence-electron chi connectivity index (χ4n) is 2.27. The molecule has 4 nitrogen and oxygen atoms in total. The van der Waals surface area contributed by atoms with E-state index in [0.29, 0.717) is 22.5 Å². The van der Waals surface area contributed by atoms with Gasteiger partial charge in [0.2, 0.25) is 0 Å². The van der Waals surface area contributed by atoms with Crippen molar-refractivity contribution in [1.82, 2.24) is 0 Å². The summed E-state index contributed by atoms with van der Waals surface area (Å²) < 4.78 is 6.27. The van der Waals surface area contributed by atoms with E-state index in [0.717, 1.165) is 15.4 Å². The van der Waals surface area contributed by atoms with E-state index in [-0.39, 0.29) is 5.91 Å². The van der Waals surface area contributed by atoms with Gasteiger partial charge < -0.3 is 15.5 Å². The van der Waals surface area contributed by atoms with Crippen LogP contribution in [0.1, 0.15) is 15.9 Å². The highest BCUT2D eigenvalue weighted by Gasteiger charge is 2.15. The molecule has 3 rings (SSSR count). The van der Waals surface area contributed by atoms with Gasteiger partial charge in [-0.25, -0.2) is 0 Å². The molecule has 0 saturated heterocycles. The molecule has 1 heterocycles. The van der Waals surface area contributed by atoms with Crippen LogP contribution in [-0.4, -0.2) is 5.91 Å². The lowest BCUT2D eigenvalue weighted by Gasteiger charge is -2.11. The molecule has 0 atom stereocenters. The number of hydrogen-bond donors (Lipinski definition) is 2. The van der Waals surface area contributed by atoms with Crippen molar-refractivity contribution in [3.63, 3.8) is 0 Å². The number of halogens is 1. The van der Waals surface area contributed by atoms with Crippen molar-refractivity contribution in [2.45, 2.75) is 6.92 Å².